The van der Waals surface area contributed by atoms with Crippen molar-refractivity contribution in [3.05, 3.63) is 49.3 Å². The van der Waals surface area contributed by atoms with E-state index in [0.717, 1.165) is 43.6 Å². The molecule has 0 N–H and O–H groups in total. The summed E-state index contributed by atoms with van der Waals surface area (Å²) >= 11 is 0. The van der Waals surface area contributed by atoms with Gasteiger partial charge in [-0.25, -0.2) is 9.97 Å². The zero-order chi connectivity index (χ0) is 19.9. The Morgan fingerprint density at radius 2 is 1.39 bits per heavy atom. The van der Waals surface area contributed by atoms with Crippen LogP contribution in [0.4, 0.5) is 0 Å². The van der Waals surface area contributed by atoms with Gasteiger partial charge in [-0.1, -0.05) is 45.1 Å². The molecule has 0 saturated carbocycles. The molecule has 0 amide bonds. The lowest BCUT2D eigenvalue weighted by atomic mass is 10.1. The van der Waals surface area contributed by atoms with Gasteiger partial charge in [0.2, 0.25) is 0 Å². The fraction of sp³-hybridized carbons (Fsp3) is 0.500. The highest BCUT2D eigenvalue weighted by molar-refractivity contribution is 5.56. The Morgan fingerprint density at radius 3 is 2.07 bits per heavy atom. The van der Waals surface area contributed by atoms with Crippen LogP contribution in [0.2, 0.25) is 0 Å². The Morgan fingerprint density at radius 1 is 0.786 bits per heavy atom. The van der Waals surface area contributed by atoms with Crippen molar-refractivity contribution in [2.75, 3.05) is 13.2 Å². The fourth-order valence-corrected chi connectivity index (χ4v) is 2.89. The summed E-state index contributed by atoms with van der Waals surface area (Å²) in [6.07, 6.45) is 16.2. The Hall–Kier alpha value is -2.36. The van der Waals surface area contributed by atoms with Crippen LogP contribution in [0.5, 0.6) is 11.5 Å². The molecule has 0 aliphatic heterocycles. The predicted octanol–water partition coefficient (Wildman–Crippen LogP) is 6.62. The highest BCUT2D eigenvalue weighted by Crippen LogP contribution is 2.20. The molecule has 0 fully saturated rings. The maximum Gasteiger partial charge on any atom is 0.159 e. The maximum atomic E-state index is 5.83. The van der Waals surface area contributed by atoms with Crippen LogP contribution in [-0.2, 0) is 0 Å². The topological polar surface area (TPSA) is 44.2 Å². The third-order valence-electron chi connectivity index (χ3n) is 4.58. The van der Waals surface area contributed by atoms with Crippen molar-refractivity contribution < 1.29 is 9.47 Å². The quantitative estimate of drug-likeness (QED) is 0.256. The van der Waals surface area contributed by atoms with Gasteiger partial charge in [-0.2, -0.15) is 0 Å². The molecule has 0 spiro atoms. The molecule has 0 unspecified atom stereocenters. The first-order valence-corrected chi connectivity index (χ1v) is 10.6. The van der Waals surface area contributed by atoms with Crippen molar-refractivity contribution in [2.24, 2.45) is 0 Å². The van der Waals surface area contributed by atoms with Crippen molar-refractivity contribution in [1.82, 2.24) is 9.97 Å². The van der Waals surface area contributed by atoms with E-state index in [1.54, 1.807) is 12.4 Å². The van der Waals surface area contributed by atoms with Crippen LogP contribution in [0.3, 0.4) is 0 Å². The molecular formula is C24H34N2O2. The largest absolute Gasteiger partial charge is 0.494 e. The lowest BCUT2D eigenvalue weighted by molar-refractivity contribution is 0.304. The summed E-state index contributed by atoms with van der Waals surface area (Å²) < 4.78 is 11.5. The molecule has 0 bridgehead atoms. The van der Waals surface area contributed by atoms with Crippen LogP contribution in [0.15, 0.2) is 49.3 Å². The molecule has 2 rings (SSSR count). The average Bonchev–Trinajstić information content (AvgIpc) is 2.74. The van der Waals surface area contributed by atoms with Gasteiger partial charge in [0.1, 0.15) is 5.75 Å². The van der Waals surface area contributed by atoms with Gasteiger partial charge in [0.15, 0.2) is 11.6 Å². The second-order valence-corrected chi connectivity index (χ2v) is 7.02. The van der Waals surface area contributed by atoms with Gasteiger partial charge in [0, 0.05) is 5.56 Å². The molecule has 2 aromatic rings. The van der Waals surface area contributed by atoms with Crippen LogP contribution in [0.25, 0.3) is 11.4 Å². The monoisotopic (exact) mass is 382 g/mol. The molecule has 0 aliphatic rings. The van der Waals surface area contributed by atoms with Crippen LogP contribution in [0, 0.1) is 0 Å². The van der Waals surface area contributed by atoms with E-state index >= 15 is 0 Å². The number of nitrogens with zero attached hydrogens (tertiary/aromatic N) is 2. The molecule has 1 aromatic carbocycles. The molecule has 1 aromatic heterocycles. The van der Waals surface area contributed by atoms with E-state index in [-0.39, 0.29) is 0 Å². The molecule has 152 valence electrons. The summed E-state index contributed by atoms with van der Waals surface area (Å²) in [5.41, 5.74) is 0.976. The van der Waals surface area contributed by atoms with Crippen LogP contribution in [0.1, 0.15) is 64.7 Å². The van der Waals surface area contributed by atoms with Crippen molar-refractivity contribution in [3.63, 3.8) is 0 Å². The summed E-state index contributed by atoms with van der Waals surface area (Å²) in [5.74, 6) is 2.31. The summed E-state index contributed by atoms with van der Waals surface area (Å²) in [6.45, 7) is 7.43. The second-order valence-electron chi connectivity index (χ2n) is 7.02. The van der Waals surface area contributed by atoms with Crippen molar-refractivity contribution >= 4 is 0 Å². The third-order valence-corrected chi connectivity index (χ3v) is 4.58. The van der Waals surface area contributed by atoms with E-state index in [2.05, 4.69) is 23.5 Å². The zero-order valence-corrected chi connectivity index (χ0v) is 17.2. The molecule has 4 heteroatoms. The number of hydrogen-bond donors (Lipinski definition) is 0. The van der Waals surface area contributed by atoms with Gasteiger partial charge in [-0.3, -0.25) is 0 Å². The number of aromatic nitrogens is 2. The standard InChI is InChI=1S/C24H34N2O2/c1-3-5-7-9-10-12-17-27-22-15-13-21(14-16-22)24-25-19-23(20-26-24)28-18-11-8-6-4-2/h4,13-16,19-20H,2-3,5-12,17-18H2,1H3. The summed E-state index contributed by atoms with van der Waals surface area (Å²) in [5, 5.41) is 0. The van der Waals surface area contributed by atoms with Crippen molar-refractivity contribution in [2.45, 2.75) is 64.7 Å². The van der Waals surface area contributed by atoms with Crippen LogP contribution in [-0.4, -0.2) is 23.2 Å². The first kappa shape index (κ1) is 21.9. The number of benzene rings is 1. The Kier molecular flexibility index (Phi) is 10.8. The number of unbranched alkanes of at least 4 members (excludes halogenated alkanes) is 7. The van der Waals surface area contributed by atoms with E-state index in [4.69, 9.17) is 9.47 Å². The molecule has 0 radical (unpaired) electrons. The van der Waals surface area contributed by atoms with Gasteiger partial charge < -0.3 is 9.47 Å². The van der Waals surface area contributed by atoms with Crippen LogP contribution < -0.4 is 9.47 Å². The minimum absolute atomic E-state index is 0.682. The highest BCUT2D eigenvalue weighted by atomic mass is 16.5. The lowest BCUT2D eigenvalue weighted by Gasteiger charge is -2.08. The number of hydrogen-bond acceptors (Lipinski definition) is 4. The zero-order valence-electron chi connectivity index (χ0n) is 17.2. The number of allylic oxidation sites excluding steroid dienone is 1. The Bertz CT molecular complexity index is 653. The Labute approximate surface area is 170 Å². The summed E-state index contributed by atoms with van der Waals surface area (Å²) in [4.78, 5) is 8.82. The highest BCUT2D eigenvalue weighted by Gasteiger charge is 2.03. The van der Waals surface area contributed by atoms with Crippen LogP contribution >= 0.6 is 0 Å². The normalized spacial score (nSPS) is 10.6. The molecule has 28 heavy (non-hydrogen) atoms. The minimum Gasteiger partial charge on any atom is -0.494 e. The predicted molar refractivity (Wildman–Crippen MR) is 116 cm³/mol. The van der Waals surface area contributed by atoms with Crippen molar-refractivity contribution in [1.29, 1.82) is 0 Å². The minimum atomic E-state index is 0.682. The lowest BCUT2D eigenvalue weighted by Crippen LogP contribution is -1.99. The van der Waals surface area contributed by atoms with E-state index in [1.807, 2.05) is 30.3 Å². The second kappa shape index (κ2) is 13.8. The molecule has 1 heterocycles. The van der Waals surface area contributed by atoms with Gasteiger partial charge in [-0.05, 0) is 49.9 Å². The SMILES string of the molecule is C=CCCCCOc1cnc(-c2ccc(OCCCCCCCC)cc2)nc1. The fourth-order valence-electron chi connectivity index (χ4n) is 2.89. The number of ether oxygens (including phenoxy) is 2. The average molecular weight is 383 g/mol. The molecule has 0 aliphatic carbocycles. The first-order valence-electron chi connectivity index (χ1n) is 10.6. The van der Waals surface area contributed by atoms with Gasteiger partial charge >= 0.3 is 0 Å². The van der Waals surface area contributed by atoms with Gasteiger partial charge in [0.25, 0.3) is 0 Å². The third kappa shape index (κ3) is 8.55. The van der Waals surface area contributed by atoms with Gasteiger partial charge in [0.05, 0.1) is 25.6 Å². The van der Waals surface area contributed by atoms with E-state index < -0.39 is 0 Å². The smallest absolute Gasteiger partial charge is 0.159 e. The molecule has 0 atom stereocenters. The van der Waals surface area contributed by atoms with Crippen molar-refractivity contribution in [3.8, 4) is 22.9 Å². The van der Waals surface area contributed by atoms with E-state index in [0.29, 0.717) is 18.2 Å². The Balaban J connectivity index is 1.71. The summed E-state index contributed by atoms with van der Waals surface area (Å²) in [7, 11) is 0. The molecule has 0 saturated heterocycles. The van der Waals surface area contributed by atoms with E-state index in [9.17, 15) is 0 Å². The van der Waals surface area contributed by atoms with Gasteiger partial charge in [-0.15, -0.1) is 6.58 Å². The summed E-state index contributed by atoms with van der Waals surface area (Å²) in [6, 6.07) is 7.98. The maximum absolute atomic E-state index is 5.83. The molecule has 4 nitrogen and oxygen atoms in total. The molecular weight excluding hydrogens is 348 g/mol. The first-order chi connectivity index (χ1) is 13.8. The van der Waals surface area contributed by atoms with E-state index in [1.165, 1.54) is 32.1 Å². The number of rotatable bonds is 15.